The van der Waals surface area contributed by atoms with E-state index in [1.54, 1.807) is 42.5 Å². The van der Waals surface area contributed by atoms with Gasteiger partial charge in [0.1, 0.15) is 11.6 Å². The molecule has 8 nitrogen and oxygen atoms in total. The van der Waals surface area contributed by atoms with Crippen LogP contribution in [0.4, 0.5) is 15.8 Å². The lowest BCUT2D eigenvalue weighted by atomic mass is 10.2. The first-order chi connectivity index (χ1) is 16.3. The predicted molar refractivity (Wildman–Crippen MR) is 128 cm³/mol. The minimum atomic E-state index is -1.03. The second-order valence-electron chi connectivity index (χ2n) is 6.64. The molecule has 0 aromatic heterocycles. The summed E-state index contributed by atoms with van der Waals surface area (Å²) in [4.78, 5) is 36.0. The number of nitrogens with one attached hydrogen (secondary N) is 3. The number of benzene rings is 3. The van der Waals surface area contributed by atoms with Gasteiger partial charge in [0.25, 0.3) is 5.91 Å². The maximum Gasteiger partial charge on any atom is 0.329 e. The number of carbonyl (C=O) groups is 3. The molecular weight excluding hydrogens is 486 g/mol. The zero-order valence-electron chi connectivity index (χ0n) is 17.3. The summed E-state index contributed by atoms with van der Waals surface area (Å²) in [7, 11) is 0. The van der Waals surface area contributed by atoms with E-state index in [9.17, 15) is 18.8 Å². The summed E-state index contributed by atoms with van der Waals surface area (Å²) in [5.41, 5.74) is 3.12. The van der Waals surface area contributed by atoms with Crippen molar-refractivity contribution in [2.45, 2.75) is 0 Å². The first kappa shape index (κ1) is 24.7. The molecule has 0 saturated heterocycles. The normalized spacial score (nSPS) is 10.6. The molecule has 3 rings (SSSR count). The smallest absolute Gasteiger partial charge is 0.329 e. The van der Waals surface area contributed by atoms with Crippen LogP contribution in [0.25, 0.3) is 0 Å². The Labute approximate surface area is 203 Å². The topological polar surface area (TPSA) is 109 Å². The van der Waals surface area contributed by atoms with Gasteiger partial charge in [-0.25, -0.2) is 9.82 Å². The number of rotatable bonds is 7. The molecule has 0 fully saturated rings. The molecule has 0 spiro atoms. The Balaban J connectivity index is 1.54. The van der Waals surface area contributed by atoms with Crippen LogP contribution in [0.1, 0.15) is 5.56 Å². The highest BCUT2D eigenvalue weighted by Crippen LogP contribution is 2.29. The van der Waals surface area contributed by atoms with Crippen LogP contribution in [0.15, 0.2) is 71.8 Å². The van der Waals surface area contributed by atoms with Crippen LogP contribution < -0.4 is 20.8 Å². The predicted octanol–water partition coefficient (Wildman–Crippen LogP) is 4.24. The van der Waals surface area contributed by atoms with Crippen molar-refractivity contribution in [3.05, 3.63) is 88.2 Å². The van der Waals surface area contributed by atoms with Gasteiger partial charge in [-0.1, -0.05) is 41.4 Å². The Morgan fingerprint density at radius 3 is 2.41 bits per heavy atom. The molecule has 11 heteroatoms. The summed E-state index contributed by atoms with van der Waals surface area (Å²) in [5.74, 6) is -2.65. The maximum atomic E-state index is 12.9. The van der Waals surface area contributed by atoms with Crippen molar-refractivity contribution in [2.75, 3.05) is 17.2 Å². The summed E-state index contributed by atoms with van der Waals surface area (Å²) >= 11 is 12.0. The fraction of sp³-hybridized carbons (Fsp3) is 0.0435. The molecule has 0 saturated carbocycles. The fourth-order valence-corrected chi connectivity index (χ4v) is 2.93. The largest absolute Gasteiger partial charge is 0.483 e. The third-order valence-corrected chi connectivity index (χ3v) is 5.00. The third kappa shape index (κ3) is 7.03. The van der Waals surface area contributed by atoms with Crippen LogP contribution in [-0.4, -0.2) is 30.5 Å². The van der Waals surface area contributed by atoms with Crippen molar-refractivity contribution >= 4 is 58.5 Å². The quantitative estimate of drug-likeness (QED) is 0.255. The molecule has 174 valence electrons. The highest BCUT2D eigenvalue weighted by atomic mass is 35.5. The zero-order chi connectivity index (χ0) is 24.5. The number of hydrazone groups is 1. The molecule has 34 heavy (non-hydrogen) atoms. The van der Waals surface area contributed by atoms with E-state index in [1.165, 1.54) is 18.3 Å². The standard InChI is InChI=1S/C23H17Cl2FN4O4/c24-17-5-3-6-18(21(17)25)29-20(31)13-34-19-7-2-1-4-14(19)12-27-30-23(33)22(32)28-16-10-8-15(26)9-11-16/h1-12H,13H2,(H,28,32)(H,29,31)(H,30,33)/b27-12-. The monoisotopic (exact) mass is 502 g/mol. The van der Waals surface area contributed by atoms with Gasteiger partial charge in [-0.3, -0.25) is 14.4 Å². The number of hydrogen-bond acceptors (Lipinski definition) is 5. The summed E-state index contributed by atoms with van der Waals surface area (Å²) < 4.78 is 18.4. The molecule has 3 aromatic rings. The number of ether oxygens (including phenoxy) is 1. The van der Waals surface area contributed by atoms with Crippen molar-refractivity contribution in [3.63, 3.8) is 0 Å². The highest BCUT2D eigenvalue weighted by molar-refractivity contribution is 6.44. The molecule has 0 unspecified atom stereocenters. The number of nitrogens with zero attached hydrogens (tertiary/aromatic N) is 1. The van der Waals surface area contributed by atoms with Crippen molar-refractivity contribution in [3.8, 4) is 5.75 Å². The van der Waals surface area contributed by atoms with Crippen molar-refractivity contribution < 1.29 is 23.5 Å². The SMILES string of the molecule is O=C(COc1ccccc1/C=N\NC(=O)C(=O)Nc1ccc(F)cc1)Nc1cccc(Cl)c1Cl. The average Bonchev–Trinajstić information content (AvgIpc) is 2.82. The summed E-state index contributed by atoms with van der Waals surface area (Å²) in [6, 6.07) is 16.4. The van der Waals surface area contributed by atoms with Gasteiger partial charge in [0.15, 0.2) is 6.61 Å². The first-order valence-electron chi connectivity index (χ1n) is 9.69. The Kier molecular flexibility index (Phi) is 8.55. The second kappa shape index (κ2) is 11.8. The van der Waals surface area contributed by atoms with Crippen LogP contribution in [-0.2, 0) is 14.4 Å². The second-order valence-corrected chi connectivity index (χ2v) is 7.42. The highest BCUT2D eigenvalue weighted by Gasteiger charge is 2.13. The summed E-state index contributed by atoms with van der Waals surface area (Å²) in [6.07, 6.45) is 1.25. The van der Waals surface area contributed by atoms with Crippen molar-refractivity contribution in [1.82, 2.24) is 5.43 Å². The Hall–Kier alpha value is -3.95. The van der Waals surface area contributed by atoms with E-state index in [2.05, 4.69) is 21.2 Å². The number of anilines is 2. The minimum Gasteiger partial charge on any atom is -0.483 e. The zero-order valence-corrected chi connectivity index (χ0v) is 18.9. The Bertz CT molecular complexity index is 1240. The van der Waals surface area contributed by atoms with Crippen molar-refractivity contribution in [2.24, 2.45) is 5.10 Å². The van der Waals surface area contributed by atoms with Gasteiger partial charge >= 0.3 is 11.8 Å². The molecule has 0 heterocycles. The van der Waals surface area contributed by atoms with E-state index in [0.29, 0.717) is 22.0 Å². The maximum absolute atomic E-state index is 12.9. The van der Waals surface area contributed by atoms with Gasteiger partial charge in [0.05, 0.1) is 21.9 Å². The minimum absolute atomic E-state index is 0.212. The number of carbonyl (C=O) groups excluding carboxylic acids is 3. The molecule has 3 aromatic carbocycles. The molecular formula is C23H17Cl2FN4O4. The van der Waals surface area contributed by atoms with Crippen LogP contribution in [0.5, 0.6) is 5.75 Å². The van der Waals surface area contributed by atoms with Gasteiger partial charge < -0.3 is 15.4 Å². The fourth-order valence-electron chi connectivity index (χ4n) is 2.58. The summed E-state index contributed by atoms with van der Waals surface area (Å²) in [5, 5.41) is 9.16. The molecule has 0 radical (unpaired) electrons. The average molecular weight is 503 g/mol. The van der Waals surface area contributed by atoms with Crippen LogP contribution in [0.2, 0.25) is 10.0 Å². The Morgan fingerprint density at radius 1 is 0.912 bits per heavy atom. The van der Waals surface area contributed by atoms with Gasteiger partial charge in [-0.15, -0.1) is 0 Å². The van der Waals surface area contributed by atoms with Crippen LogP contribution >= 0.6 is 23.2 Å². The van der Waals surface area contributed by atoms with E-state index in [-0.39, 0.29) is 17.3 Å². The van der Waals surface area contributed by atoms with E-state index in [0.717, 1.165) is 12.1 Å². The summed E-state index contributed by atoms with van der Waals surface area (Å²) in [6.45, 7) is -0.333. The van der Waals surface area contributed by atoms with Gasteiger partial charge in [-0.05, 0) is 48.5 Å². The molecule has 0 aliphatic rings. The van der Waals surface area contributed by atoms with E-state index in [4.69, 9.17) is 27.9 Å². The molecule has 0 aliphatic heterocycles. The van der Waals surface area contributed by atoms with E-state index >= 15 is 0 Å². The van der Waals surface area contributed by atoms with E-state index in [1.807, 2.05) is 0 Å². The first-order valence-corrected chi connectivity index (χ1v) is 10.4. The molecule has 3 N–H and O–H groups in total. The van der Waals surface area contributed by atoms with Gasteiger partial charge in [-0.2, -0.15) is 5.10 Å². The molecule has 0 aliphatic carbocycles. The van der Waals surface area contributed by atoms with Gasteiger partial charge in [0.2, 0.25) is 0 Å². The lowest BCUT2D eigenvalue weighted by Crippen LogP contribution is -2.32. The molecule has 3 amide bonds. The number of para-hydroxylation sites is 1. The lowest BCUT2D eigenvalue weighted by Gasteiger charge is -2.11. The van der Waals surface area contributed by atoms with E-state index < -0.39 is 23.5 Å². The van der Waals surface area contributed by atoms with Crippen molar-refractivity contribution in [1.29, 1.82) is 0 Å². The van der Waals surface area contributed by atoms with Crippen LogP contribution in [0, 0.1) is 5.82 Å². The number of amides is 3. The number of hydrogen-bond donors (Lipinski definition) is 3. The van der Waals surface area contributed by atoms with Gasteiger partial charge in [0, 0.05) is 11.3 Å². The molecule has 0 atom stereocenters. The number of halogens is 3. The lowest BCUT2D eigenvalue weighted by molar-refractivity contribution is -0.136. The Morgan fingerprint density at radius 2 is 1.65 bits per heavy atom. The van der Waals surface area contributed by atoms with Crippen LogP contribution in [0.3, 0.4) is 0 Å². The third-order valence-electron chi connectivity index (χ3n) is 4.18. The molecule has 0 bridgehead atoms.